The van der Waals surface area contributed by atoms with Gasteiger partial charge in [0.1, 0.15) is 6.61 Å². The van der Waals surface area contributed by atoms with E-state index in [1.165, 1.54) is 0 Å². The summed E-state index contributed by atoms with van der Waals surface area (Å²) >= 11 is 9.67. The highest BCUT2D eigenvalue weighted by molar-refractivity contribution is 9.10. The summed E-state index contributed by atoms with van der Waals surface area (Å²) in [5.74, 6) is 1.46. The van der Waals surface area contributed by atoms with Crippen molar-refractivity contribution >= 4 is 27.5 Å². The first-order valence-electron chi connectivity index (χ1n) is 8.36. The Labute approximate surface area is 163 Å². The Morgan fingerprint density at radius 2 is 1.80 bits per heavy atom. The van der Waals surface area contributed by atoms with Crippen LogP contribution in [0.25, 0.3) is 0 Å². The average Bonchev–Trinajstić information content (AvgIpc) is 2.53. The molecular weight excluding hydrogens is 402 g/mol. The van der Waals surface area contributed by atoms with Gasteiger partial charge in [0, 0.05) is 21.6 Å². The van der Waals surface area contributed by atoms with E-state index in [1.807, 2.05) is 43.3 Å². The maximum Gasteiger partial charge on any atom is 0.162 e. The maximum atomic E-state index is 6.03. The fraction of sp³-hybridized carbons (Fsp3) is 0.400. The Bertz CT molecular complexity index is 713. The SMILES string of the molecule is CCOc1cc(CNC(C)(C)C)c(Br)cc1OCc1cccc(Cl)c1. The van der Waals surface area contributed by atoms with Gasteiger partial charge in [-0.15, -0.1) is 0 Å². The maximum absolute atomic E-state index is 6.03. The first kappa shape index (κ1) is 20.1. The Morgan fingerprint density at radius 3 is 2.44 bits per heavy atom. The molecule has 2 aromatic carbocycles. The van der Waals surface area contributed by atoms with Crippen LogP contribution in [0.3, 0.4) is 0 Å². The van der Waals surface area contributed by atoms with Gasteiger partial charge in [-0.05, 0) is 63.1 Å². The van der Waals surface area contributed by atoms with Gasteiger partial charge in [-0.3, -0.25) is 0 Å². The topological polar surface area (TPSA) is 30.5 Å². The van der Waals surface area contributed by atoms with Crippen LogP contribution in [-0.4, -0.2) is 12.1 Å². The molecule has 0 unspecified atom stereocenters. The fourth-order valence-electron chi connectivity index (χ4n) is 2.24. The van der Waals surface area contributed by atoms with Crippen molar-refractivity contribution in [1.29, 1.82) is 0 Å². The van der Waals surface area contributed by atoms with Crippen LogP contribution >= 0.6 is 27.5 Å². The monoisotopic (exact) mass is 425 g/mol. The molecule has 0 saturated heterocycles. The second-order valence-corrected chi connectivity index (χ2v) is 8.14. The van der Waals surface area contributed by atoms with Crippen molar-refractivity contribution in [3.8, 4) is 11.5 Å². The zero-order valence-electron chi connectivity index (χ0n) is 15.2. The number of halogens is 2. The number of hydrogen-bond donors (Lipinski definition) is 1. The number of hydrogen-bond acceptors (Lipinski definition) is 3. The van der Waals surface area contributed by atoms with Gasteiger partial charge in [0.2, 0.25) is 0 Å². The molecule has 0 radical (unpaired) electrons. The van der Waals surface area contributed by atoms with Crippen molar-refractivity contribution in [2.24, 2.45) is 0 Å². The second-order valence-electron chi connectivity index (χ2n) is 6.85. The average molecular weight is 427 g/mol. The van der Waals surface area contributed by atoms with E-state index in [0.29, 0.717) is 24.0 Å². The first-order chi connectivity index (χ1) is 11.8. The lowest BCUT2D eigenvalue weighted by molar-refractivity contribution is 0.268. The number of ether oxygens (including phenoxy) is 2. The lowest BCUT2D eigenvalue weighted by atomic mass is 10.1. The van der Waals surface area contributed by atoms with Gasteiger partial charge in [0.15, 0.2) is 11.5 Å². The minimum atomic E-state index is 0.0486. The standard InChI is InChI=1S/C20H25BrClNO2/c1-5-24-18-10-15(12-23-20(2,3)4)17(21)11-19(18)25-13-14-7-6-8-16(22)9-14/h6-11,23H,5,12-13H2,1-4H3. The smallest absolute Gasteiger partial charge is 0.162 e. The number of nitrogens with one attached hydrogen (secondary N) is 1. The number of rotatable bonds is 7. The molecule has 2 aromatic rings. The van der Waals surface area contributed by atoms with Crippen LogP contribution in [0.5, 0.6) is 11.5 Å². The summed E-state index contributed by atoms with van der Waals surface area (Å²) in [6.45, 7) is 10.2. The summed E-state index contributed by atoms with van der Waals surface area (Å²) in [5.41, 5.74) is 2.20. The molecule has 0 saturated carbocycles. The predicted molar refractivity (Wildman–Crippen MR) is 108 cm³/mol. The van der Waals surface area contributed by atoms with Crippen LogP contribution in [0.4, 0.5) is 0 Å². The van der Waals surface area contributed by atoms with Gasteiger partial charge in [-0.1, -0.05) is 39.7 Å². The molecule has 0 spiro atoms. The Hall–Kier alpha value is -1.23. The van der Waals surface area contributed by atoms with Crippen LogP contribution in [0.15, 0.2) is 40.9 Å². The molecular formula is C20H25BrClNO2. The molecule has 0 bridgehead atoms. The summed E-state index contributed by atoms with van der Waals surface area (Å²) in [7, 11) is 0. The van der Waals surface area contributed by atoms with Gasteiger partial charge in [0.05, 0.1) is 6.61 Å². The van der Waals surface area contributed by atoms with Gasteiger partial charge in [-0.25, -0.2) is 0 Å². The molecule has 0 amide bonds. The van der Waals surface area contributed by atoms with Crippen molar-refractivity contribution in [3.63, 3.8) is 0 Å². The van der Waals surface area contributed by atoms with E-state index >= 15 is 0 Å². The number of benzene rings is 2. The van der Waals surface area contributed by atoms with Crippen LogP contribution in [0, 0.1) is 0 Å². The third-order valence-corrected chi connectivity index (χ3v) is 4.48. The molecule has 0 fully saturated rings. The summed E-state index contributed by atoms with van der Waals surface area (Å²) in [4.78, 5) is 0. The zero-order valence-corrected chi connectivity index (χ0v) is 17.5. The fourth-order valence-corrected chi connectivity index (χ4v) is 2.92. The van der Waals surface area contributed by atoms with Crippen molar-refractivity contribution in [2.45, 2.75) is 46.4 Å². The van der Waals surface area contributed by atoms with Crippen molar-refractivity contribution in [3.05, 3.63) is 57.0 Å². The van der Waals surface area contributed by atoms with Crippen LogP contribution in [0.2, 0.25) is 5.02 Å². The second kappa shape index (κ2) is 8.93. The zero-order chi connectivity index (χ0) is 18.4. The third-order valence-electron chi connectivity index (χ3n) is 3.51. The third kappa shape index (κ3) is 6.53. The van der Waals surface area contributed by atoms with E-state index in [0.717, 1.165) is 27.9 Å². The molecule has 0 aromatic heterocycles. The molecule has 0 heterocycles. The highest BCUT2D eigenvalue weighted by Gasteiger charge is 2.14. The Kier molecular flexibility index (Phi) is 7.17. The van der Waals surface area contributed by atoms with Gasteiger partial charge in [0.25, 0.3) is 0 Å². The normalized spacial score (nSPS) is 11.4. The summed E-state index contributed by atoms with van der Waals surface area (Å²) in [5, 5.41) is 4.20. The molecule has 0 aliphatic heterocycles. The molecule has 0 aliphatic carbocycles. The van der Waals surface area contributed by atoms with Gasteiger partial charge in [-0.2, -0.15) is 0 Å². The Balaban J connectivity index is 2.17. The molecule has 25 heavy (non-hydrogen) atoms. The van der Waals surface area contributed by atoms with E-state index in [9.17, 15) is 0 Å². The van der Waals surface area contributed by atoms with Crippen LogP contribution in [-0.2, 0) is 13.2 Å². The molecule has 1 N–H and O–H groups in total. The van der Waals surface area contributed by atoms with Crippen molar-refractivity contribution in [1.82, 2.24) is 5.32 Å². The largest absolute Gasteiger partial charge is 0.490 e. The van der Waals surface area contributed by atoms with E-state index in [-0.39, 0.29) is 5.54 Å². The van der Waals surface area contributed by atoms with Crippen LogP contribution < -0.4 is 14.8 Å². The van der Waals surface area contributed by atoms with Gasteiger partial charge >= 0.3 is 0 Å². The minimum absolute atomic E-state index is 0.0486. The first-order valence-corrected chi connectivity index (χ1v) is 9.53. The molecule has 2 rings (SSSR count). The lowest BCUT2D eigenvalue weighted by Gasteiger charge is -2.22. The summed E-state index contributed by atoms with van der Waals surface area (Å²) in [6.07, 6.45) is 0. The molecule has 0 aliphatic rings. The highest BCUT2D eigenvalue weighted by atomic mass is 79.9. The summed E-state index contributed by atoms with van der Waals surface area (Å²) < 4.78 is 12.7. The van der Waals surface area contributed by atoms with Crippen molar-refractivity contribution in [2.75, 3.05) is 6.61 Å². The van der Waals surface area contributed by atoms with E-state index in [1.54, 1.807) is 0 Å². The molecule has 136 valence electrons. The van der Waals surface area contributed by atoms with E-state index < -0.39 is 0 Å². The highest BCUT2D eigenvalue weighted by Crippen LogP contribution is 2.34. The molecule has 0 atom stereocenters. The van der Waals surface area contributed by atoms with Gasteiger partial charge < -0.3 is 14.8 Å². The Morgan fingerprint density at radius 1 is 1.08 bits per heavy atom. The van der Waals surface area contributed by atoms with E-state index in [2.05, 4.69) is 42.0 Å². The lowest BCUT2D eigenvalue weighted by Crippen LogP contribution is -2.35. The predicted octanol–water partition coefficient (Wildman–Crippen LogP) is 5.97. The summed E-state index contributed by atoms with van der Waals surface area (Å²) in [6, 6.07) is 11.7. The van der Waals surface area contributed by atoms with E-state index in [4.69, 9.17) is 21.1 Å². The minimum Gasteiger partial charge on any atom is -0.490 e. The quantitative estimate of drug-likeness (QED) is 0.592. The molecule has 5 heteroatoms. The van der Waals surface area contributed by atoms with Crippen molar-refractivity contribution < 1.29 is 9.47 Å². The molecule has 3 nitrogen and oxygen atoms in total. The van der Waals surface area contributed by atoms with Crippen LogP contribution in [0.1, 0.15) is 38.8 Å².